The van der Waals surface area contributed by atoms with Gasteiger partial charge in [0.05, 0.1) is 23.2 Å². The molecular weight excluding hydrogens is 637 g/mol. The van der Waals surface area contributed by atoms with E-state index in [9.17, 15) is 38.7 Å². The van der Waals surface area contributed by atoms with E-state index in [4.69, 9.17) is 23.2 Å². The lowest BCUT2D eigenvalue weighted by atomic mass is 9.56. The molecule has 2 aliphatic carbocycles. The molecule has 2 saturated heterocycles. The summed E-state index contributed by atoms with van der Waals surface area (Å²) in [5, 5.41) is 30.7. The SMILES string of the molecule is Cc1cccc(C2C3=CCC4C(=O)N(c5cccc(B(O)O)c5)C(=O)C4C3CC3(Cl)C(=O)N(c4ccc(F)cc4)C(=O)C23Cl)c1O. The Hall–Kier alpha value is -4.03. The number of carbonyl (C=O) groups excluding carboxylic acids is 4. The van der Waals surface area contributed by atoms with Crippen LogP contribution in [0.1, 0.15) is 29.9 Å². The van der Waals surface area contributed by atoms with Gasteiger partial charge in [-0.1, -0.05) is 42.0 Å². The summed E-state index contributed by atoms with van der Waals surface area (Å²) >= 11 is 14.7. The Kier molecular flexibility index (Phi) is 6.99. The third-order valence-electron chi connectivity index (χ3n) is 9.90. The average Bonchev–Trinajstić information content (AvgIpc) is 3.37. The highest BCUT2D eigenvalue weighted by Crippen LogP contribution is 2.66. The Labute approximate surface area is 273 Å². The molecule has 4 amide bonds. The van der Waals surface area contributed by atoms with Crippen LogP contribution >= 0.6 is 23.2 Å². The number of phenolic OH excluding ortho intramolecular Hbond substituents is 1. The maximum absolute atomic E-state index is 14.4. The highest BCUT2D eigenvalue weighted by molar-refractivity contribution is 6.59. The number of anilines is 2. The van der Waals surface area contributed by atoms with Crippen molar-refractivity contribution in [3.8, 4) is 5.75 Å². The van der Waals surface area contributed by atoms with Crippen LogP contribution in [0.25, 0.3) is 0 Å². The fourth-order valence-electron chi connectivity index (χ4n) is 7.74. The van der Waals surface area contributed by atoms with E-state index in [0.717, 1.165) is 21.9 Å². The Morgan fingerprint density at radius 1 is 0.870 bits per heavy atom. The molecule has 1 saturated carbocycles. The highest BCUT2D eigenvalue weighted by Gasteiger charge is 2.77. The molecule has 3 aromatic rings. The molecule has 4 aliphatic rings. The quantitative estimate of drug-likeness (QED) is 0.169. The molecule has 3 fully saturated rings. The Bertz CT molecular complexity index is 1890. The number of phenols is 1. The number of benzene rings is 3. The van der Waals surface area contributed by atoms with Gasteiger partial charge in [0.1, 0.15) is 11.6 Å². The van der Waals surface area contributed by atoms with Crippen molar-refractivity contribution >= 4 is 70.8 Å². The van der Waals surface area contributed by atoms with Gasteiger partial charge < -0.3 is 15.2 Å². The second-order valence-electron chi connectivity index (χ2n) is 12.2. The molecule has 234 valence electrons. The first-order valence-electron chi connectivity index (χ1n) is 14.7. The number of fused-ring (bicyclic) bond motifs is 4. The van der Waals surface area contributed by atoms with Crippen LogP contribution in [0.2, 0.25) is 0 Å². The number of nitrogens with zero attached hydrogens (tertiary/aromatic N) is 2. The van der Waals surface area contributed by atoms with Gasteiger partial charge in [-0.15, -0.1) is 23.2 Å². The summed E-state index contributed by atoms with van der Waals surface area (Å²) in [6.45, 7) is 1.67. The predicted molar refractivity (Wildman–Crippen MR) is 168 cm³/mol. The van der Waals surface area contributed by atoms with Gasteiger partial charge in [-0.2, -0.15) is 0 Å². The van der Waals surface area contributed by atoms with E-state index in [0.29, 0.717) is 11.1 Å². The number of allylic oxidation sites excluding steroid dienone is 2. The highest BCUT2D eigenvalue weighted by atomic mass is 35.5. The molecule has 0 radical (unpaired) electrons. The van der Waals surface area contributed by atoms with Crippen molar-refractivity contribution in [2.24, 2.45) is 17.8 Å². The molecule has 0 aromatic heterocycles. The molecule has 6 atom stereocenters. The van der Waals surface area contributed by atoms with Gasteiger partial charge in [0.2, 0.25) is 11.8 Å². The van der Waals surface area contributed by atoms with Crippen molar-refractivity contribution in [1.82, 2.24) is 0 Å². The number of alkyl halides is 2. The van der Waals surface area contributed by atoms with E-state index in [-0.39, 0.29) is 41.0 Å². The lowest BCUT2D eigenvalue weighted by Crippen LogP contribution is -2.60. The smallest absolute Gasteiger partial charge is 0.488 e. The number of aryl methyl sites for hydroxylation is 1. The first-order valence-corrected chi connectivity index (χ1v) is 15.4. The van der Waals surface area contributed by atoms with Gasteiger partial charge in [-0.3, -0.25) is 24.1 Å². The van der Waals surface area contributed by atoms with Crippen LogP contribution < -0.4 is 15.3 Å². The van der Waals surface area contributed by atoms with E-state index in [1.54, 1.807) is 31.2 Å². The van der Waals surface area contributed by atoms with Gasteiger partial charge in [-0.25, -0.2) is 9.29 Å². The van der Waals surface area contributed by atoms with Crippen LogP contribution in [-0.4, -0.2) is 55.7 Å². The van der Waals surface area contributed by atoms with Crippen molar-refractivity contribution in [2.75, 3.05) is 9.80 Å². The first kappa shape index (κ1) is 30.6. The van der Waals surface area contributed by atoms with E-state index in [2.05, 4.69) is 0 Å². The predicted octanol–water partition coefficient (Wildman–Crippen LogP) is 3.29. The monoisotopic (exact) mass is 662 g/mol. The second kappa shape index (κ2) is 10.5. The normalized spacial score (nSPS) is 30.3. The molecule has 2 heterocycles. The minimum absolute atomic E-state index is 0.0529. The lowest BCUT2D eigenvalue weighted by molar-refractivity contribution is -0.125. The lowest BCUT2D eigenvalue weighted by Gasteiger charge is -2.50. The van der Waals surface area contributed by atoms with Crippen molar-refractivity contribution in [2.45, 2.75) is 35.4 Å². The number of hydrogen-bond donors (Lipinski definition) is 3. The molecule has 7 rings (SSSR count). The number of amides is 4. The second-order valence-corrected chi connectivity index (χ2v) is 13.5. The molecule has 13 heteroatoms. The molecule has 9 nitrogen and oxygen atoms in total. The number of aromatic hydroxyl groups is 1. The summed E-state index contributed by atoms with van der Waals surface area (Å²) in [6, 6.07) is 15.4. The van der Waals surface area contributed by atoms with Gasteiger partial charge in [0, 0.05) is 11.5 Å². The van der Waals surface area contributed by atoms with E-state index < -0.39 is 70.0 Å². The Morgan fingerprint density at radius 3 is 2.26 bits per heavy atom. The summed E-state index contributed by atoms with van der Waals surface area (Å²) in [6.07, 6.45) is 1.58. The van der Waals surface area contributed by atoms with Crippen LogP contribution in [-0.2, 0) is 19.2 Å². The van der Waals surface area contributed by atoms with Crippen LogP contribution in [0.3, 0.4) is 0 Å². The zero-order valence-corrected chi connectivity index (χ0v) is 25.7. The largest absolute Gasteiger partial charge is 0.507 e. The Balaban J connectivity index is 1.39. The summed E-state index contributed by atoms with van der Waals surface area (Å²) < 4.78 is 13.8. The summed E-state index contributed by atoms with van der Waals surface area (Å²) in [7, 11) is -1.83. The van der Waals surface area contributed by atoms with Crippen LogP contribution in [0, 0.1) is 30.5 Å². The first-order chi connectivity index (χ1) is 21.8. The molecular formula is C33H26BCl2FN2O7. The van der Waals surface area contributed by atoms with Crippen LogP contribution in [0.5, 0.6) is 5.75 Å². The van der Waals surface area contributed by atoms with E-state index in [1.807, 2.05) is 0 Å². The Morgan fingerprint density at radius 2 is 1.57 bits per heavy atom. The molecule has 2 aliphatic heterocycles. The average molecular weight is 663 g/mol. The van der Waals surface area contributed by atoms with Crippen molar-refractivity contribution in [3.05, 3.63) is 95.3 Å². The minimum atomic E-state index is -2.17. The van der Waals surface area contributed by atoms with Gasteiger partial charge in [0.25, 0.3) is 11.8 Å². The third-order valence-corrected chi connectivity index (χ3v) is 11.3. The number of para-hydroxylation sites is 1. The molecule has 6 unspecified atom stereocenters. The fourth-order valence-corrected chi connectivity index (χ4v) is 8.66. The standard InChI is InChI=1S/C33H26BCl2FN2O7/c1-16-4-2-7-23(27(16)40)26-21-12-13-22-25(29(42)38(28(22)41)20-6-3-5-17(14-20)34(45)46)24(21)15-32(35)30(43)39(31(44)33(26,32)36)19-10-8-18(37)9-11-19/h2-12,14,22,24-26,40,45-46H,13,15H2,1H3. The minimum Gasteiger partial charge on any atom is -0.507 e. The van der Waals surface area contributed by atoms with Crippen molar-refractivity contribution in [3.63, 3.8) is 0 Å². The zero-order valence-electron chi connectivity index (χ0n) is 24.2. The summed E-state index contributed by atoms with van der Waals surface area (Å²) in [5.41, 5.74) is 1.50. The molecule has 3 N–H and O–H groups in total. The molecule has 46 heavy (non-hydrogen) atoms. The number of rotatable bonds is 4. The van der Waals surface area contributed by atoms with Crippen LogP contribution in [0.15, 0.2) is 78.4 Å². The van der Waals surface area contributed by atoms with E-state index in [1.165, 1.54) is 36.4 Å². The molecule has 0 bridgehead atoms. The zero-order chi connectivity index (χ0) is 32.9. The van der Waals surface area contributed by atoms with Crippen LogP contribution in [0.4, 0.5) is 15.8 Å². The van der Waals surface area contributed by atoms with Gasteiger partial charge in [0.15, 0.2) is 9.75 Å². The maximum atomic E-state index is 14.4. The molecule has 3 aromatic carbocycles. The third kappa shape index (κ3) is 4.02. The summed E-state index contributed by atoms with van der Waals surface area (Å²) in [5.74, 6) is -7.40. The topological polar surface area (TPSA) is 135 Å². The van der Waals surface area contributed by atoms with E-state index >= 15 is 0 Å². The van der Waals surface area contributed by atoms with Crippen molar-refractivity contribution in [1.29, 1.82) is 0 Å². The van der Waals surface area contributed by atoms with Gasteiger partial charge >= 0.3 is 7.12 Å². The van der Waals surface area contributed by atoms with Gasteiger partial charge in [-0.05, 0) is 73.1 Å². The fraction of sp³-hybridized carbons (Fsp3) is 0.273. The summed E-state index contributed by atoms with van der Waals surface area (Å²) in [4.78, 5) is 54.2. The number of imide groups is 2. The van der Waals surface area contributed by atoms with Crippen molar-refractivity contribution < 1.29 is 38.7 Å². The number of carbonyl (C=O) groups is 4. The number of hydrogen-bond acceptors (Lipinski definition) is 7. The molecule has 0 spiro atoms. The number of halogens is 3. The maximum Gasteiger partial charge on any atom is 0.488 e.